The van der Waals surface area contributed by atoms with Crippen molar-refractivity contribution in [2.45, 2.75) is 57.9 Å². The Morgan fingerprint density at radius 1 is 1.33 bits per heavy atom. The summed E-state index contributed by atoms with van der Waals surface area (Å²) >= 11 is 1.72. The molecule has 2 aliphatic rings. The van der Waals surface area contributed by atoms with Crippen molar-refractivity contribution in [2.75, 3.05) is 0 Å². The molecule has 0 saturated heterocycles. The Morgan fingerprint density at radius 2 is 2.11 bits per heavy atom. The summed E-state index contributed by atoms with van der Waals surface area (Å²) in [5.74, 6) is 0.937. The quantitative estimate of drug-likeness (QED) is 0.868. The molecule has 2 nitrogen and oxygen atoms in total. The number of fused-ring (bicyclic) bond motifs is 1. The fraction of sp³-hybridized carbons (Fsp3) is 0.667. The van der Waals surface area contributed by atoms with Gasteiger partial charge in [0.25, 0.3) is 5.91 Å². The lowest BCUT2D eigenvalue weighted by Gasteiger charge is -2.16. The van der Waals surface area contributed by atoms with Gasteiger partial charge in [0.1, 0.15) is 0 Å². The maximum absolute atomic E-state index is 12.2. The predicted molar refractivity (Wildman–Crippen MR) is 75.2 cm³/mol. The van der Waals surface area contributed by atoms with Crippen LogP contribution in [0, 0.1) is 5.92 Å². The molecule has 0 aromatic carbocycles. The van der Waals surface area contributed by atoms with Crippen LogP contribution in [-0.4, -0.2) is 11.9 Å². The topological polar surface area (TPSA) is 29.1 Å². The van der Waals surface area contributed by atoms with E-state index in [-0.39, 0.29) is 5.91 Å². The molecule has 1 N–H and O–H groups in total. The number of thiophene rings is 1. The highest BCUT2D eigenvalue weighted by molar-refractivity contribution is 7.14. The molecule has 0 bridgehead atoms. The van der Waals surface area contributed by atoms with Crippen LogP contribution in [0.5, 0.6) is 0 Å². The largest absolute Gasteiger partial charge is 0.349 e. The second kappa shape index (κ2) is 5.04. The van der Waals surface area contributed by atoms with Crippen LogP contribution in [0.2, 0.25) is 0 Å². The van der Waals surface area contributed by atoms with Gasteiger partial charge in [0.15, 0.2) is 0 Å². The summed E-state index contributed by atoms with van der Waals surface area (Å²) < 4.78 is 0. The fourth-order valence-corrected chi connectivity index (χ4v) is 4.26. The van der Waals surface area contributed by atoms with Crippen LogP contribution in [0.15, 0.2) is 6.07 Å². The van der Waals surface area contributed by atoms with Gasteiger partial charge in [0.05, 0.1) is 4.88 Å². The molecule has 3 heteroatoms. The number of carbonyl (C=O) groups is 1. The molecule has 1 unspecified atom stereocenters. The first kappa shape index (κ1) is 12.2. The van der Waals surface area contributed by atoms with Crippen molar-refractivity contribution in [3.63, 3.8) is 0 Å². The standard InChI is InChI=1S/C15H21NOS/c1-10-6-7-13-11(8-10)9-14(18-13)15(17)16-12-4-2-3-5-12/h9-10,12H,2-8H2,1H3,(H,16,17). The molecule has 0 spiro atoms. The number of hydrogen-bond donors (Lipinski definition) is 1. The van der Waals surface area contributed by atoms with E-state index in [1.54, 1.807) is 11.3 Å². The molecule has 0 aliphatic heterocycles. The monoisotopic (exact) mass is 263 g/mol. The molecule has 1 amide bonds. The summed E-state index contributed by atoms with van der Waals surface area (Å²) in [4.78, 5) is 14.6. The number of rotatable bonds is 2. The van der Waals surface area contributed by atoms with Crippen LogP contribution >= 0.6 is 11.3 Å². The van der Waals surface area contributed by atoms with E-state index < -0.39 is 0 Å². The molecular formula is C15H21NOS. The van der Waals surface area contributed by atoms with Crippen molar-refractivity contribution in [1.82, 2.24) is 5.32 Å². The summed E-state index contributed by atoms with van der Waals surface area (Å²) in [6.07, 6.45) is 8.45. The average molecular weight is 263 g/mol. The molecule has 1 atom stereocenters. The van der Waals surface area contributed by atoms with Crippen LogP contribution in [0.25, 0.3) is 0 Å². The van der Waals surface area contributed by atoms with Crippen molar-refractivity contribution in [1.29, 1.82) is 0 Å². The van der Waals surface area contributed by atoms with Gasteiger partial charge in [-0.05, 0) is 49.7 Å². The molecule has 1 aromatic rings. The number of carbonyl (C=O) groups excluding carboxylic acids is 1. The number of nitrogens with one attached hydrogen (secondary N) is 1. The first-order valence-corrected chi connectivity index (χ1v) is 7.96. The van der Waals surface area contributed by atoms with Gasteiger partial charge < -0.3 is 5.32 Å². The van der Waals surface area contributed by atoms with E-state index in [0.717, 1.165) is 36.5 Å². The van der Waals surface area contributed by atoms with Crippen LogP contribution in [0.1, 0.15) is 59.1 Å². The zero-order valence-electron chi connectivity index (χ0n) is 11.0. The second-order valence-corrected chi connectivity index (χ2v) is 7.00. The van der Waals surface area contributed by atoms with Crippen molar-refractivity contribution in [3.8, 4) is 0 Å². The van der Waals surface area contributed by atoms with Gasteiger partial charge in [-0.25, -0.2) is 0 Å². The summed E-state index contributed by atoms with van der Waals surface area (Å²) in [7, 11) is 0. The SMILES string of the molecule is CC1CCc2sc(C(=O)NC3CCCC3)cc2C1. The van der Waals surface area contributed by atoms with Crippen LogP contribution in [0.3, 0.4) is 0 Å². The van der Waals surface area contributed by atoms with Gasteiger partial charge in [0.2, 0.25) is 0 Å². The average Bonchev–Trinajstić information content (AvgIpc) is 2.96. The fourth-order valence-electron chi connectivity index (χ4n) is 3.14. The van der Waals surface area contributed by atoms with Crippen molar-refractivity contribution >= 4 is 17.2 Å². The van der Waals surface area contributed by atoms with Crippen LogP contribution < -0.4 is 5.32 Å². The summed E-state index contributed by atoms with van der Waals surface area (Å²) in [6, 6.07) is 2.57. The Labute approximate surface area is 113 Å². The van der Waals surface area contributed by atoms with Crippen molar-refractivity contribution < 1.29 is 4.79 Å². The van der Waals surface area contributed by atoms with Gasteiger partial charge in [-0.15, -0.1) is 11.3 Å². The highest BCUT2D eigenvalue weighted by atomic mass is 32.1. The Morgan fingerprint density at radius 3 is 2.89 bits per heavy atom. The van der Waals surface area contributed by atoms with E-state index in [2.05, 4.69) is 18.3 Å². The van der Waals surface area contributed by atoms with E-state index in [1.165, 1.54) is 29.7 Å². The van der Waals surface area contributed by atoms with Crippen molar-refractivity contribution in [3.05, 3.63) is 21.4 Å². The minimum absolute atomic E-state index is 0.161. The third-order valence-electron chi connectivity index (χ3n) is 4.24. The second-order valence-electron chi connectivity index (χ2n) is 5.86. The number of aryl methyl sites for hydroxylation is 1. The first-order valence-electron chi connectivity index (χ1n) is 7.15. The molecule has 1 aromatic heterocycles. The first-order chi connectivity index (χ1) is 8.72. The van der Waals surface area contributed by atoms with E-state index in [9.17, 15) is 4.79 Å². The Balaban J connectivity index is 1.70. The van der Waals surface area contributed by atoms with Crippen LogP contribution in [0.4, 0.5) is 0 Å². The van der Waals surface area contributed by atoms with Gasteiger partial charge >= 0.3 is 0 Å². The molecule has 98 valence electrons. The van der Waals surface area contributed by atoms with E-state index in [1.807, 2.05) is 0 Å². The number of hydrogen-bond acceptors (Lipinski definition) is 2. The third-order valence-corrected chi connectivity index (χ3v) is 5.48. The van der Waals surface area contributed by atoms with Crippen LogP contribution in [-0.2, 0) is 12.8 Å². The normalized spacial score (nSPS) is 23.9. The van der Waals surface area contributed by atoms with Gasteiger partial charge in [-0.1, -0.05) is 19.8 Å². The third kappa shape index (κ3) is 2.46. The predicted octanol–water partition coefficient (Wildman–Crippen LogP) is 3.55. The lowest BCUT2D eigenvalue weighted by molar-refractivity contribution is 0.0942. The molecule has 1 saturated carbocycles. The van der Waals surface area contributed by atoms with E-state index in [4.69, 9.17) is 0 Å². The molecular weight excluding hydrogens is 242 g/mol. The Kier molecular flexibility index (Phi) is 3.42. The van der Waals surface area contributed by atoms with Crippen molar-refractivity contribution in [2.24, 2.45) is 5.92 Å². The zero-order valence-corrected chi connectivity index (χ0v) is 11.8. The number of amides is 1. The smallest absolute Gasteiger partial charge is 0.261 e. The maximum atomic E-state index is 12.2. The molecule has 2 aliphatic carbocycles. The Bertz CT molecular complexity index is 445. The zero-order chi connectivity index (χ0) is 12.5. The molecule has 0 radical (unpaired) electrons. The minimum Gasteiger partial charge on any atom is -0.349 e. The highest BCUT2D eigenvalue weighted by Crippen LogP contribution is 2.32. The maximum Gasteiger partial charge on any atom is 0.261 e. The minimum atomic E-state index is 0.161. The van der Waals surface area contributed by atoms with E-state index in [0.29, 0.717) is 6.04 Å². The lowest BCUT2D eigenvalue weighted by atomic mass is 9.90. The lowest BCUT2D eigenvalue weighted by Crippen LogP contribution is -2.31. The Hall–Kier alpha value is -0.830. The highest BCUT2D eigenvalue weighted by Gasteiger charge is 2.23. The van der Waals surface area contributed by atoms with E-state index >= 15 is 0 Å². The van der Waals surface area contributed by atoms with Gasteiger partial charge in [-0.3, -0.25) is 4.79 Å². The molecule has 1 fully saturated rings. The molecule has 3 rings (SSSR count). The summed E-state index contributed by atoms with van der Waals surface area (Å²) in [6.45, 7) is 2.30. The molecule has 18 heavy (non-hydrogen) atoms. The van der Waals surface area contributed by atoms with Gasteiger partial charge in [0, 0.05) is 10.9 Å². The van der Waals surface area contributed by atoms with Gasteiger partial charge in [-0.2, -0.15) is 0 Å². The molecule has 1 heterocycles. The summed E-state index contributed by atoms with van der Waals surface area (Å²) in [5, 5.41) is 3.19. The summed E-state index contributed by atoms with van der Waals surface area (Å²) in [5.41, 5.74) is 1.43.